The van der Waals surface area contributed by atoms with Crippen molar-refractivity contribution in [1.29, 1.82) is 0 Å². The lowest BCUT2D eigenvalue weighted by Gasteiger charge is -2.16. The Kier molecular flexibility index (Phi) is 4.80. The lowest BCUT2D eigenvalue weighted by molar-refractivity contribution is 0.377. The summed E-state index contributed by atoms with van der Waals surface area (Å²) in [6.45, 7) is 0.717. The van der Waals surface area contributed by atoms with Crippen molar-refractivity contribution in [3.63, 3.8) is 0 Å². The highest BCUT2D eigenvalue weighted by Gasteiger charge is 2.23. The normalized spacial score (nSPS) is 10.5. The smallest absolute Gasteiger partial charge is 0.496 e. The first-order valence-corrected chi connectivity index (χ1v) is 5.25. The summed E-state index contributed by atoms with van der Waals surface area (Å²) in [7, 11) is 5.26. The molecule has 94 valence electrons. The highest BCUT2D eigenvalue weighted by atomic mass is 16.5. The zero-order valence-electron chi connectivity index (χ0n) is 10.6. The van der Waals surface area contributed by atoms with E-state index in [-0.39, 0.29) is 5.46 Å². The second-order valence-corrected chi connectivity index (χ2v) is 4.03. The van der Waals surface area contributed by atoms with Crippen molar-refractivity contribution in [3.05, 3.63) is 17.7 Å². The minimum Gasteiger partial charge on any atom is -0.497 e. The highest BCUT2D eigenvalue weighted by Crippen LogP contribution is 2.21. The summed E-state index contributed by atoms with van der Waals surface area (Å²) in [6, 6.07) is 3.55. The Morgan fingerprint density at radius 1 is 1.12 bits per heavy atom. The van der Waals surface area contributed by atoms with Crippen LogP contribution in [0.5, 0.6) is 11.5 Å². The van der Waals surface area contributed by atoms with Gasteiger partial charge in [0, 0.05) is 6.54 Å². The zero-order chi connectivity index (χ0) is 13.0. The predicted molar refractivity (Wildman–Crippen MR) is 66.8 cm³/mol. The maximum absolute atomic E-state index is 9.31. The van der Waals surface area contributed by atoms with E-state index in [0.717, 1.165) is 5.56 Å². The van der Waals surface area contributed by atoms with Crippen LogP contribution in [-0.4, -0.2) is 50.4 Å². The Bertz CT molecular complexity index is 357. The fourth-order valence-corrected chi connectivity index (χ4v) is 1.70. The van der Waals surface area contributed by atoms with Crippen LogP contribution in [0.2, 0.25) is 0 Å². The van der Waals surface area contributed by atoms with Crippen LogP contribution in [0, 0.1) is 0 Å². The van der Waals surface area contributed by atoms with Gasteiger partial charge in [0.25, 0.3) is 0 Å². The maximum Gasteiger partial charge on any atom is 0.496 e. The first kappa shape index (κ1) is 13.8. The van der Waals surface area contributed by atoms with Gasteiger partial charge < -0.3 is 24.4 Å². The van der Waals surface area contributed by atoms with Gasteiger partial charge in [-0.3, -0.25) is 0 Å². The molecule has 0 atom stereocenters. The van der Waals surface area contributed by atoms with E-state index in [9.17, 15) is 10.0 Å². The largest absolute Gasteiger partial charge is 0.497 e. The van der Waals surface area contributed by atoms with E-state index in [1.807, 2.05) is 19.0 Å². The molecule has 0 saturated heterocycles. The van der Waals surface area contributed by atoms with Crippen LogP contribution in [0.4, 0.5) is 0 Å². The molecule has 1 aromatic carbocycles. The number of rotatable bonds is 5. The van der Waals surface area contributed by atoms with E-state index in [1.54, 1.807) is 12.1 Å². The molecule has 0 radical (unpaired) electrons. The molecule has 0 heterocycles. The Morgan fingerprint density at radius 2 is 1.59 bits per heavy atom. The van der Waals surface area contributed by atoms with Gasteiger partial charge in [0.05, 0.1) is 19.7 Å². The van der Waals surface area contributed by atoms with Gasteiger partial charge >= 0.3 is 7.12 Å². The van der Waals surface area contributed by atoms with Gasteiger partial charge in [-0.15, -0.1) is 0 Å². The van der Waals surface area contributed by atoms with E-state index >= 15 is 0 Å². The molecular weight excluding hydrogens is 221 g/mol. The third kappa shape index (κ3) is 3.36. The standard InChI is InChI=1S/C11H18BNO4/c1-13(2)7-8-5-9(16-3)11(12(14)15)10(6-8)17-4/h5-6,14-15H,7H2,1-4H3. The number of hydrogen-bond acceptors (Lipinski definition) is 5. The van der Waals surface area contributed by atoms with E-state index in [2.05, 4.69) is 0 Å². The highest BCUT2D eigenvalue weighted by molar-refractivity contribution is 6.61. The summed E-state index contributed by atoms with van der Waals surface area (Å²) in [6.07, 6.45) is 0. The molecule has 0 bridgehead atoms. The molecule has 0 aliphatic carbocycles. The molecule has 0 saturated carbocycles. The molecule has 0 unspecified atom stereocenters. The minimum atomic E-state index is -1.62. The van der Waals surface area contributed by atoms with Crippen molar-refractivity contribution < 1.29 is 19.5 Å². The SMILES string of the molecule is COc1cc(CN(C)C)cc(OC)c1B(O)O. The summed E-state index contributed by atoms with van der Waals surface area (Å²) >= 11 is 0. The monoisotopic (exact) mass is 239 g/mol. The summed E-state index contributed by atoms with van der Waals surface area (Å²) < 4.78 is 10.3. The number of methoxy groups -OCH3 is 2. The lowest BCUT2D eigenvalue weighted by Crippen LogP contribution is -2.33. The summed E-state index contributed by atoms with van der Waals surface area (Å²) in [5.41, 5.74) is 1.23. The zero-order valence-corrected chi connectivity index (χ0v) is 10.6. The molecule has 0 amide bonds. The van der Waals surface area contributed by atoms with E-state index in [4.69, 9.17) is 9.47 Å². The van der Waals surface area contributed by atoms with Crippen LogP contribution in [0.15, 0.2) is 12.1 Å². The van der Waals surface area contributed by atoms with Gasteiger partial charge in [-0.1, -0.05) is 0 Å². The first-order chi connectivity index (χ1) is 7.99. The number of ether oxygens (including phenoxy) is 2. The topological polar surface area (TPSA) is 62.2 Å². The maximum atomic E-state index is 9.31. The minimum absolute atomic E-state index is 0.248. The van der Waals surface area contributed by atoms with Crippen LogP contribution >= 0.6 is 0 Å². The summed E-state index contributed by atoms with van der Waals surface area (Å²) in [4.78, 5) is 2.00. The van der Waals surface area contributed by atoms with Crippen molar-refractivity contribution >= 4 is 12.6 Å². The average molecular weight is 239 g/mol. The second-order valence-electron chi connectivity index (χ2n) is 4.03. The average Bonchev–Trinajstić information content (AvgIpc) is 2.26. The van der Waals surface area contributed by atoms with Gasteiger partial charge in [0.15, 0.2) is 0 Å². The Labute approximate surface area is 102 Å². The number of benzene rings is 1. The molecule has 0 spiro atoms. The second kappa shape index (κ2) is 5.91. The molecule has 5 nitrogen and oxygen atoms in total. The Morgan fingerprint density at radius 3 is 1.88 bits per heavy atom. The Balaban J connectivity index is 3.23. The van der Waals surface area contributed by atoms with Crippen LogP contribution in [0.25, 0.3) is 0 Å². The molecule has 1 rings (SSSR count). The van der Waals surface area contributed by atoms with Crippen molar-refractivity contribution in [2.75, 3.05) is 28.3 Å². The fourth-order valence-electron chi connectivity index (χ4n) is 1.70. The van der Waals surface area contributed by atoms with Crippen molar-refractivity contribution in [3.8, 4) is 11.5 Å². The van der Waals surface area contributed by atoms with E-state index in [1.165, 1.54) is 14.2 Å². The Hall–Kier alpha value is -1.24. The van der Waals surface area contributed by atoms with E-state index < -0.39 is 7.12 Å². The summed E-state index contributed by atoms with van der Waals surface area (Å²) in [5.74, 6) is 0.826. The number of hydrogen-bond donors (Lipinski definition) is 2. The molecule has 0 aromatic heterocycles. The molecule has 0 aliphatic heterocycles. The van der Waals surface area contributed by atoms with Crippen molar-refractivity contribution in [1.82, 2.24) is 4.90 Å². The first-order valence-electron chi connectivity index (χ1n) is 5.25. The molecule has 1 aromatic rings. The third-order valence-electron chi connectivity index (χ3n) is 2.36. The van der Waals surface area contributed by atoms with Crippen LogP contribution in [0.3, 0.4) is 0 Å². The van der Waals surface area contributed by atoms with Gasteiger partial charge in [-0.25, -0.2) is 0 Å². The lowest BCUT2D eigenvalue weighted by atomic mass is 9.78. The van der Waals surface area contributed by atoms with Gasteiger partial charge in [0.2, 0.25) is 0 Å². The number of nitrogens with zero attached hydrogens (tertiary/aromatic N) is 1. The predicted octanol–water partition coefficient (Wildman–Crippen LogP) is -0.555. The quantitative estimate of drug-likeness (QED) is 0.675. The van der Waals surface area contributed by atoms with Crippen molar-refractivity contribution in [2.45, 2.75) is 6.54 Å². The molecular formula is C11H18BNO4. The van der Waals surface area contributed by atoms with Crippen LogP contribution < -0.4 is 14.9 Å². The van der Waals surface area contributed by atoms with Crippen LogP contribution in [-0.2, 0) is 6.54 Å². The summed E-state index contributed by atoms with van der Waals surface area (Å²) in [5, 5.41) is 18.6. The fraction of sp³-hybridized carbons (Fsp3) is 0.455. The molecule has 0 aliphatic rings. The van der Waals surface area contributed by atoms with E-state index in [0.29, 0.717) is 18.0 Å². The van der Waals surface area contributed by atoms with Gasteiger partial charge in [0.1, 0.15) is 11.5 Å². The van der Waals surface area contributed by atoms with Crippen molar-refractivity contribution in [2.24, 2.45) is 0 Å². The van der Waals surface area contributed by atoms with Gasteiger partial charge in [-0.2, -0.15) is 0 Å². The van der Waals surface area contributed by atoms with Crippen LogP contribution in [0.1, 0.15) is 5.56 Å². The molecule has 6 heteroatoms. The molecule has 2 N–H and O–H groups in total. The molecule has 17 heavy (non-hydrogen) atoms. The third-order valence-corrected chi connectivity index (χ3v) is 2.36. The molecule has 0 fully saturated rings. The van der Waals surface area contributed by atoms with Gasteiger partial charge in [-0.05, 0) is 31.8 Å².